The van der Waals surface area contributed by atoms with Crippen LogP contribution in [-0.4, -0.2) is 23.5 Å². The number of hydrogen-bond acceptors (Lipinski definition) is 4. The van der Waals surface area contributed by atoms with Gasteiger partial charge in [-0.15, -0.1) is 24.8 Å². The molecular formula is C16H23Cl2N3O2. The van der Waals surface area contributed by atoms with Crippen LogP contribution in [0.25, 0.3) is 11.3 Å². The van der Waals surface area contributed by atoms with Gasteiger partial charge in [-0.25, -0.2) is 4.98 Å². The minimum absolute atomic E-state index is 0. The number of oxazole rings is 1. The van der Waals surface area contributed by atoms with Gasteiger partial charge in [0.1, 0.15) is 0 Å². The van der Waals surface area contributed by atoms with Gasteiger partial charge >= 0.3 is 0 Å². The lowest BCUT2D eigenvalue weighted by molar-refractivity contribution is -0.121. The van der Waals surface area contributed by atoms with Crippen LogP contribution in [0.4, 0.5) is 0 Å². The number of hydrogen-bond donors (Lipinski definition) is 2. The van der Waals surface area contributed by atoms with Gasteiger partial charge in [-0.1, -0.05) is 30.3 Å². The highest BCUT2D eigenvalue weighted by atomic mass is 35.5. The van der Waals surface area contributed by atoms with Gasteiger partial charge in [0.05, 0.1) is 5.69 Å². The highest BCUT2D eigenvalue weighted by Gasteiger charge is 2.13. The molecule has 0 radical (unpaired) electrons. The first-order valence-electron chi connectivity index (χ1n) is 7.11. The van der Waals surface area contributed by atoms with Crippen LogP contribution < -0.4 is 11.1 Å². The Balaban J connectivity index is 0.00000242. The normalized spacial score (nSPS) is 11.1. The molecule has 3 N–H and O–H groups in total. The number of aryl methyl sites for hydroxylation is 2. The van der Waals surface area contributed by atoms with Crippen molar-refractivity contribution in [2.45, 2.75) is 32.7 Å². The molecule has 1 aromatic carbocycles. The lowest BCUT2D eigenvalue weighted by Crippen LogP contribution is -2.37. The first-order valence-corrected chi connectivity index (χ1v) is 7.11. The average Bonchev–Trinajstić information content (AvgIpc) is 2.87. The average molecular weight is 360 g/mol. The number of nitrogens with two attached hydrogens (primary N) is 1. The van der Waals surface area contributed by atoms with E-state index in [9.17, 15) is 4.79 Å². The molecule has 0 aliphatic heterocycles. The fourth-order valence-corrected chi connectivity index (χ4v) is 2.04. The van der Waals surface area contributed by atoms with Crippen LogP contribution in [0.5, 0.6) is 0 Å². The third kappa shape index (κ3) is 6.22. The Morgan fingerprint density at radius 2 is 1.96 bits per heavy atom. The van der Waals surface area contributed by atoms with Crippen molar-refractivity contribution in [1.29, 1.82) is 0 Å². The number of aromatic nitrogens is 1. The van der Waals surface area contributed by atoms with E-state index in [2.05, 4.69) is 10.3 Å². The number of nitrogens with one attached hydrogen (secondary N) is 1. The van der Waals surface area contributed by atoms with Crippen LogP contribution >= 0.6 is 24.8 Å². The van der Waals surface area contributed by atoms with Crippen LogP contribution in [0.1, 0.15) is 24.9 Å². The van der Waals surface area contributed by atoms with E-state index in [0.29, 0.717) is 25.3 Å². The summed E-state index contributed by atoms with van der Waals surface area (Å²) in [6, 6.07) is 9.82. The summed E-state index contributed by atoms with van der Waals surface area (Å²) < 4.78 is 5.77. The summed E-state index contributed by atoms with van der Waals surface area (Å²) in [4.78, 5) is 16.1. The Morgan fingerprint density at radius 1 is 1.30 bits per heavy atom. The molecule has 1 heterocycles. The van der Waals surface area contributed by atoms with E-state index in [1.54, 1.807) is 0 Å². The van der Waals surface area contributed by atoms with Crippen LogP contribution in [-0.2, 0) is 11.2 Å². The maximum Gasteiger partial charge on any atom is 0.220 e. The molecule has 2 rings (SSSR count). The van der Waals surface area contributed by atoms with E-state index in [-0.39, 0.29) is 36.8 Å². The van der Waals surface area contributed by atoms with E-state index in [4.69, 9.17) is 10.2 Å². The largest absolute Gasteiger partial charge is 0.440 e. The second kappa shape index (κ2) is 10.3. The topological polar surface area (TPSA) is 81.2 Å². The molecule has 0 spiro atoms. The zero-order valence-corrected chi connectivity index (χ0v) is 14.9. The molecule has 0 aliphatic carbocycles. The monoisotopic (exact) mass is 359 g/mol. The zero-order chi connectivity index (χ0) is 15.2. The summed E-state index contributed by atoms with van der Waals surface area (Å²) in [5.41, 5.74) is 7.30. The fraction of sp³-hybridized carbons (Fsp3) is 0.375. The molecule has 1 aromatic heterocycles. The molecule has 128 valence electrons. The first kappa shape index (κ1) is 21.4. The molecule has 7 heteroatoms. The molecule has 2 aromatic rings. The maximum absolute atomic E-state index is 11.7. The third-order valence-electron chi connectivity index (χ3n) is 3.20. The molecule has 0 aliphatic rings. The van der Waals surface area contributed by atoms with Crippen molar-refractivity contribution >= 4 is 30.7 Å². The molecule has 0 unspecified atom stereocenters. The first-order chi connectivity index (χ1) is 10.1. The second-order valence-electron chi connectivity index (χ2n) is 5.09. The van der Waals surface area contributed by atoms with Gasteiger partial charge in [0.15, 0.2) is 11.7 Å². The molecule has 0 saturated heterocycles. The zero-order valence-electron chi connectivity index (χ0n) is 13.2. The van der Waals surface area contributed by atoms with Crippen molar-refractivity contribution in [2.75, 3.05) is 6.54 Å². The van der Waals surface area contributed by atoms with E-state index in [0.717, 1.165) is 17.0 Å². The minimum Gasteiger partial charge on any atom is -0.440 e. The Hall–Kier alpha value is -1.56. The minimum atomic E-state index is -0.0370. The summed E-state index contributed by atoms with van der Waals surface area (Å²) in [5.74, 6) is 1.31. The molecule has 5 nitrogen and oxygen atoms in total. The molecule has 1 atom stereocenters. The number of carbonyl (C=O) groups is 1. The number of halogens is 2. The quantitative estimate of drug-likeness (QED) is 0.830. The predicted octanol–water partition coefficient (Wildman–Crippen LogP) is 2.89. The lowest BCUT2D eigenvalue weighted by Gasteiger charge is -2.10. The van der Waals surface area contributed by atoms with E-state index >= 15 is 0 Å². The van der Waals surface area contributed by atoms with Crippen molar-refractivity contribution in [1.82, 2.24) is 10.3 Å². The third-order valence-corrected chi connectivity index (χ3v) is 3.20. The second-order valence-corrected chi connectivity index (χ2v) is 5.09. The molecule has 23 heavy (non-hydrogen) atoms. The maximum atomic E-state index is 11.7. The fourth-order valence-electron chi connectivity index (χ4n) is 2.04. The highest BCUT2D eigenvalue weighted by Crippen LogP contribution is 2.24. The van der Waals surface area contributed by atoms with Gasteiger partial charge in [-0.2, -0.15) is 0 Å². The summed E-state index contributed by atoms with van der Waals surface area (Å²) in [6.45, 7) is 4.22. The van der Waals surface area contributed by atoms with Crippen molar-refractivity contribution in [2.24, 2.45) is 5.73 Å². The van der Waals surface area contributed by atoms with E-state index in [1.165, 1.54) is 0 Å². The van der Waals surface area contributed by atoms with E-state index < -0.39 is 0 Å². The number of amides is 1. The van der Waals surface area contributed by atoms with E-state index in [1.807, 2.05) is 44.2 Å². The highest BCUT2D eigenvalue weighted by molar-refractivity contribution is 5.85. The number of nitrogens with zero attached hydrogens (tertiary/aromatic N) is 1. The Labute approximate surface area is 148 Å². The van der Waals surface area contributed by atoms with Gasteiger partial charge in [-0.05, 0) is 13.8 Å². The number of rotatable bonds is 6. The Kier molecular flexibility index (Phi) is 9.56. The van der Waals surface area contributed by atoms with Crippen molar-refractivity contribution < 1.29 is 9.21 Å². The van der Waals surface area contributed by atoms with Crippen molar-refractivity contribution in [3.8, 4) is 11.3 Å². The van der Waals surface area contributed by atoms with Crippen LogP contribution in [0.15, 0.2) is 34.7 Å². The van der Waals surface area contributed by atoms with Crippen molar-refractivity contribution in [3.05, 3.63) is 41.9 Å². The SMILES string of the molecule is Cc1nc(CCC(=O)N[C@@H](C)CN)oc1-c1ccccc1.Cl.Cl. The predicted molar refractivity (Wildman–Crippen MR) is 96.2 cm³/mol. The molecular weight excluding hydrogens is 337 g/mol. The Morgan fingerprint density at radius 3 is 2.57 bits per heavy atom. The van der Waals surface area contributed by atoms with Gasteiger partial charge in [0.2, 0.25) is 5.91 Å². The van der Waals surface area contributed by atoms with Crippen molar-refractivity contribution in [3.63, 3.8) is 0 Å². The summed E-state index contributed by atoms with van der Waals surface area (Å²) >= 11 is 0. The van der Waals surface area contributed by atoms with Gasteiger partial charge in [-0.3, -0.25) is 4.79 Å². The number of carbonyl (C=O) groups excluding carboxylic acids is 1. The molecule has 0 fully saturated rings. The lowest BCUT2D eigenvalue weighted by atomic mass is 10.1. The van der Waals surface area contributed by atoms with Crippen LogP contribution in [0, 0.1) is 6.92 Å². The molecule has 0 saturated carbocycles. The van der Waals surface area contributed by atoms with Gasteiger partial charge in [0, 0.05) is 31.0 Å². The smallest absolute Gasteiger partial charge is 0.220 e. The molecule has 1 amide bonds. The standard InChI is InChI=1S/C16H21N3O2.2ClH/c1-11(10-17)18-14(20)8-9-15-19-12(2)16(21-15)13-6-4-3-5-7-13;;/h3-7,11H,8-10,17H2,1-2H3,(H,18,20);2*1H/t11-;;/m0../s1. The van der Waals surface area contributed by atoms with Crippen LogP contribution in [0.2, 0.25) is 0 Å². The summed E-state index contributed by atoms with van der Waals surface area (Å²) in [6.07, 6.45) is 0.829. The Bertz CT molecular complexity index is 603. The van der Waals surface area contributed by atoms with Gasteiger partial charge in [0.25, 0.3) is 0 Å². The molecule has 0 bridgehead atoms. The summed E-state index contributed by atoms with van der Waals surface area (Å²) in [5, 5.41) is 2.82. The number of benzene rings is 1. The van der Waals surface area contributed by atoms with Gasteiger partial charge < -0.3 is 15.5 Å². The van der Waals surface area contributed by atoms with Crippen LogP contribution in [0.3, 0.4) is 0 Å². The summed E-state index contributed by atoms with van der Waals surface area (Å²) in [7, 11) is 0.